The van der Waals surface area contributed by atoms with Crippen molar-refractivity contribution in [3.63, 3.8) is 0 Å². The third kappa shape index (κ3) is 5.25. The van der Waals surface area contributed by atoms with Gasteiger partial charge in [0.05, 0.1) is 17.7 Å². The average Bonchev–Trinajstić information content (AvgIpc) is 2.48. The summed E-state index contributed by atoms with van der Waals surface area (Å²) < 4.78 is 38.5. The van der Waals surface area contributed by atoms with Gasteiger partial charge in [-0.2, -0.15) is 13.2 Å². The highest BCUT2D eigenvalue weighted by Crippen LogP contribution is 2.31. The van der Waals surface area contributed by atoms with Crippen molar-refractivity contribution < 1.29 is 32.7 Å². The molecule has 0 aliphatic rings. The third-order valence-electron chi connectivity index (χ3n) is 3.14. The Morgan fingerprint density at radius 3 is 2.25 bits per heavy atom. The molecule has 0 aromatic heterocycles. The smallest absolute Gasteiger partial charge is 0.417 e. The number of hydrogen-bond donors (Lipinski definition) is 3. The minimum Gasteiger partial charge on any atom is -0.480 e. The molecule has 0 aliphatic heterocycles. The van der Waals surface area contributed by atoms with Gasteiger partial charge in [-0.05, 0) is 18.1 Å². The predicted octanol–water partition coefficient (Wildman–Crippen LogP) is 1.66. The van der Waals surface area contributed by atoms with Crippen molar-refractivity contribution in [2.24, 2.45) is 5.92 Å². The quantitative estimate of drug-likeness (QED) is 0.730. The van der Waals surface area contributed by atoms with Crippen LogP contribution >= 0.6 is 0 Å². The van der Waals surface area contributed by atoms with Gasteiger partial charge in [0.25, 0.3) is 5.91 Å². The summed E-state index contributed by atoms with van der Waals surface area (Å²) in [6, 6.07) is 3.01. The van der Waals surface area contributed by atoms with Crippen LogP contribution in [0.2, 0.25) is 0 Å². The van der Waals surface area contributed by atoms with Gasteiger partial charge in [-0.25, -0.2) is 4.79 Å². The van der Waals surface area contributed by atoms with E-state index < -0.39 is 53.6 Å². The Morgan fingerprint density at radius 1 is 1.17 bits per heavy atom. The van der Waals surface area contributed by atoms with Crippen LogP contribution in [-0.2, 0) is 15.8 Å². The third-order valence-corrected chi connectivity index (χ3v) is 3.14. The van der Waals surface area contributed by atoms with Crippen molar-refractivity contribution in [2.75, 3.05) is 6.54 Å². The van der Waals surface area contributed by atoms with Crippen LogP contribution < -0.4 is 10.6 Å². The Labute approximate surface area is 136 Å². The molecule has 132 valence electrons. The van der Waals surface area contributed by atoms with E-state index in [-0.39, 0.29) is 0 Å². The number of hydrogen-bond acceptors (Lipinski definition) is 3. The van der Waals surface area contributed by atoms with Gasteiger partial charge >= 0.3 is 12.1 Å². The number of aliphatic carboxylic acids is 1. The summed E-state index contributed by atoms with van der Waals surface area (Å²) in [5, 5.41) is 13.2. The molecule has 2 amide bonds. The molecule has 1 aromatic rings. The fourth-order valence-electron chi connectivity index (χ4n) is 1.92. The summed E-state index contributed by atoms with van der Waals surface area (Å²) in [4.78, 5) is 34.5. The first-order chi connectivity index (χ1) is 11.0. The van der Waals surface area contributed by atoms with Gasteiger partial charge in [0, 0.05) is 0 Å². The first-order valence-electron chi connectivity index (χ1n) is 7.00. The molecule has 0 fully saturated rings. The van der Waals surface area contributed by atoms with Crippen LogP contribution in [0.5, 0.6) is 0 Å². The molecule has 0 heterocycles. The molecule has 1 rings (SSSR count). The van der Waals surface area contributed by atoms with Crippen LogP contribution in [0.15, 0.2) is 24.3 Å². The molecule has 1 atom stereocenters. The van der Waals surface area contributed by atoms with Gasteiger partial charge in [0.15, 0.2) is 0 Å². The minimum absolute atomic E-state index is 0.395. The number of alkyl halides is 3. The SMILES string of the molecule is CC(C)[C@@H](NC(=O)CNC(=O)c1ccccc1C(F)(F)F)C(=O)O. The maximum Gasteiger partial charge on any atom is 0.417 e. The number of rotatable bonds is 6. The molecular weight excluding hydrogens is 329 g/mol. The van der Waals surface area contributed by atoms with Crippen LogP contribution in [0, 0.1) is 5.92 Å². The number of benzene rings is 1. The highest BCUT2D eigenvalue weighted by molar-refractivity contribution is 5.98. The maximum absolute atomic E-state index is 12.8. The lowest BCUT2D eigenvalue weighted by atomic mass is 10.0. The summed E-state index contributed by atoms with van der Waals surface area (Å²) in [7, 11) is 0. The second-order valence-corrected chi connectivity index (χ2v) is 5.35. The molecule has 0 saturated carbocycles. The number of carbonyl (C=O) groups is 3. The second-order valence-electron chi connectivity index (χ2n) is 5.35. The van der Waals surface area contributed by atoms with E-state index in [9.17, 15) is 27.6 Å². The maximum atomic E-state index is 12.8. The molecule has 0 aliphatic carbocycles. The number of halogens is 3. The molecule has 0 radical (unpaired) electrons. The lowest BCUT2D eigenvalue weighted by Gasteiger charge is -2.18. The summed E-state index contributed by atoms with van der Waals surface area (Å²) in [6.07, 6.45) is -4.71. The van der Waals surface area contributed by atoms with Crippen molar-refractivity contribution in [2.45, 2.75) is 26.1 Å². The van der Waals surface area contributed by atoms with Crippen molar-refractivity contribution in [3.8, 4) is 0 Å². The molecule has 0 bridgehead atoms. The lowest BCUT2D eigenvalue weighted by molar-refractivity contribution is -0.143. The molecule has 9 heteroatoms. The van der Waals surface area contributed by atoms with E-state index in [2.05, 4.69) is 10.6 Å². The molecule has 3 N–H and O–H groups in total. The number of nitrogens with one attached hydrogen (secondary N) is 2. The largest absolute Gasteiger partial charge is 0.480 e. The molecule has 1 aromatic carbocycles. The zero-order chi connectivity index (χ0) is 18.5. The second kappa shape index (κ2) is 7.80. The van der Waals surface area contributed by atoms with Crippen molar-refractivity contribution in [3.05, 3.63) is 35.4 Å². The Bertz CT molecular complexity index is 629. The van der Waals surface area contributed by atoms with E-state index in [1.54, 1.807) is 13.8 Å². The van der Waals surface area contributed by atoms with Crippen molar-refractivity contribution in [1.82, 2.24) is 10.6 Å². The zero-order valence-electron chi connectivity index (χ0n) is 13.0. The van der Waals surface area contributed by atoms with Crippen molar-refractivity contribution in [1.29, 1.82) is 0 Å². The number of carboxylic acids is 1. The Balaban J connectivity index is 2.74. The van der Waals surface area contributed by atoms with E-state index in [0.29, 0.717) is 0 Å². The van der Waals surface area contributed by atoms with E-state index in [1.165, 1.54) is 6.07 Å². The first-order valence-corrected chi connectivity index (χ1v) is 7.00. The fourth-order valence-corrected chi connectivity index (χ4v) is 1.92. The van der Waals surface area contributed by atoms with Gasteiger partial charge in [-0.3, -0.25) is 9.59 Å². The first kappa shape index (κ1) is 19.5. The fraction of sp³-hybridized carbons (Fsp3) is 0.400. The van der Waals surface area contributed by atoms with Crippen LogP contribution in [0.3, 0.4) is 0 Å². The van der Waals surface area contributed by atoms with E-state index in [4.69, 9.17) is 5.11 Å². The van der Waals surface area contributed by atoms with Crippen LogP contribution in [-0.4, -0.2) is 35.5 Å². The Hall–Kier alpha value is -2.58. The van der Waals surface area contributed by atoms with E-state index in [0.717, 1.165) is 18.2 Å². The Morgan fingerprint density at radius 2 is 1.75 bits per heavy atom. The molecular formula is C15H17F3N2O4. The summed E-state index contributed by atoms with van der Waals surface area (Å²) in [5.74, 6) is -3.52. The van der Waals surface area contributed by atoms with Gasteiger partial charge in [0.2, 0.25) is 5.91 Å². The number of amides is 2. The van der Waals surface area contributed by atoms with Crippen molar-refractivity contribution >= 4 is 17.8 Å². The summed E-state index contributed by atoms with van der Waals surface area (Å²) in [6.45, 7) is 2.52. The molecule has 24 heavy (non-hydrogen) atoms. The highest BCUT2D eigenvalue weighted by atomic mass is 19.4. The zero-order valence-corrected chi connectivity index (χ0v) is 13.0. The summed E-state index contributed by atoms with van der Waals surface area (Å²) in [5.41, 5.74) is -1.73. The van der Waals surface area contributed by atoms with E-state index in [1.807, 2.05) is 0 Å². The van der Waals surface area contributed by atoms with E-state index >= 15 is 0 Å². The van der Waals surface area contributed by atoms with Crippen LogP contribution in [0.25, 0.3) is 0 Å². The standard InChI is InChI=1S/C15H17F3N2O4/c1-8(2)12(14(23)24)20-11(21)7-19-13(22)9-5-3-4-6-10(9)15(16,17)18/h3-6,8,12H,7H2,1-2H3,(H,19,22)(H,20,21)(H,23,24)/t12-/m1/s1. The van der Waals surface area contributed by atoms with Gasteiger partial charge < -0.3 is 15.7 Å². The molecule has 0 spiro atoms. The van der Waals surface area contributed by atoms with Gasteiger partial charge in [-0.15, -0.1) is 0 Å². The summed E-state index contributed by atoms with van der Waals surface area (Å²) >= 11 is 0. The normalized spacial score (nSPS) is 12.6. The molecule has 6 nitrogen and oxygen atoms in total. The highest BCUT2D eigenvalue weighted by Gasteiger charge is 2.34. The van der Waals surface area contributed by atoms with Gasteiger partial charge in [0.1, 0.15) is 6.04 Å². The number of carbonyl (C=O) groups excluding carboxylic acids is 2. The minimum atomic E-state index is -4.71. The number of carboxylic acid groups (broad SMARTS) is 1. The molecule has 0 unspecified atom stereocenters. The predicted molar refractivity (Wildman–Crippen MR) is 78.2 cm³/mol. The van der Waals surface area contributed by atoms with Crippen LogP contribution in [0.4, 0.5) is 13.2 Å². The van der Waals surface area contributed by atoms with Gasteiger partial charge in [-0.1, -0.05) is 26.0 Å². The Kier molecular flexibility index (Phi) is 6.33. The van der Waals surface area contributed by atoms with Crippen LogP contribution in [0.1, 0.15) is 29.8 Å². The molecule has 0 saturated heterocycles. The topological polar surface area (TPSA) is 95.5 Å². The average molecular weight is 346 g/mol. The lowest BCUT2D eigenvalue weighted by Crippen LogP contribution is -2.48. The monoisotopic (exact) mass is 346 g/mol.